The number of piperidine rings is 1. The van der Waals surface area contributed by atoms with Gasteiger partial charge in [-0.3, -0.25) is 14.5 Å². The maximum absolute atomic E-state index is 12.4. The first-order chi connectivity index (χ1) is 18.3. The fourth-order valence-corrected chi connectivity index (χ4v) is 5.74. The van der Waals surface area contributed by atoms with E-state index < -0.39 is 5.91 Å². The quantitative estimate of drug-likeness (QED) is 0.387. The lowest BCUT2D eigenvalue weighted by Crippen LogP contribution is -2.61. The van der Waals surface area contributed by atoms with Gasteiger partial charge in [-0.15, -0.1) is 24.5 Å². The van der Waals surface area contributed by atoms with Crippen molar-refractivity contribution in [3.05, 3.63) is 30.1 Å². The maximum atomic E-state index is 12.4. The first kappa shape index (κ1) is 24.9. The number of hydrogen-bond acceptors (Lipinski definition) is 9. The second kappa shape index (κ2) is 9.74. The zero-order valence-corrected chi connectivity index (χ0v) is 22.8. The summed E-state index contributed by atoms with van der Waals surface area (Å²) in [5.41, 5.74) is 2.23. The Kier molecular flexibility index (Phi) is 6.39. The van der Waals surface area contributed by atoms with Crippen molar-refractivity contribution in [2.75, 3.05) is 48.8 Å². The van der Waals surface area contributed by atoms with Crippen molar-refractivity contribution < 1.29 is 9.59 Å². The smallest absolute Gasteiger partial charge is 0.273 e. The lowest BCUT2D eigenvalue weighted by molar-refractivity contribution is -0.117. The van der Waals surface area contributed by atoms with Crippen LogP contribution in [-0.2, 0) is 4.79 Å². The van der Waals surface area contributed by atoms with E-state index in [0.29, 0.717) is 28.5 Å². The van der Waals surface area contributed by atoms with Crippen LogP contribution in [0, 0.1) is 5.92 Å². The number of nitrogens with zero attached hydrogens (tertiary/aromatic N) is 7. The van der Waals surface area contributed by atoms with E-state index in [4.69, 9.17) is 0 Å². The molecule has 0 spiro atoms. The Morgan fingerprint density at radius 3 is 2.55 bits per heavy atom. The first-order valence-electron chi connectivity index (χ1n) is 13.1. The van der Waals surface area contributed by atoms with Crippen molar-refractivity contribution in [2.24, 2.45) is 5.92 Å². The van der Waals surface area contributed by atoms with E-state index in [2.05, 4.69) is 68.3 Å². The van der Waals surface area contributed by atoms with Crippen molar-refractivity contribution in [2.45, 2.75) is 43.8 Å². The summed E-state index contributed by atoms with van der Waals surface area (Å²) in [6.45, 7) is 6.63. The minimum atomic E-state index is -0.407. The molecule has 1 atom stereocenters. The first-order valence-corrected chi connectivity index (χ1v) is 13.7. The van der Waals surface area contributed by atoms with Gasteiger partial charge in [0.1, 0.15) is 0 Å². The molecular weight excluding hydrogens is 503 g/mol. The molecule has 0 bridgehead atoms. The minimum absolute atomic E-state index is 0.0221. The Morgan fingerprint density at radius 2 is 1.87 bits per heavy atom. The number of carbonyl (C=O) groups excluding carboxylic acids is 2. The number of fused-ring (bicyclic) bond motifs is 1. The topological polar surface area (TPSA) is 133 Å². The largest absolute Gasteiger partial charge is 0.370 e. The van der Waals surface area contributed by atoms with E-state index in [1.54, 1.807) is 10.6 Å². The van der Waals surface area contributed by atoms with E-state index in [1.807, 2.05) is 12.3 Å². The summed E-state index contributed by atoms with van der Waals surface area (Å²) < 4.78 is 1.74. The van der Waals surface area contributed by atoms with Crippen LogP contribution in [0.5, 0.6) is 0 Å². The van der Waals surface area contributed by atoms with E-state index in [9.17, 15) is 9.59 Å². The number of nitrogens with one attached hydrogen (secondary N) is 3. The highest BCUT2D eigenvalue weighted by atomic mass is 31.0. The molecule has 2 aliphatic heterocycles. The molecule has 2 amide bonds. The van der Waals surface area contributed by atoms with Gasteiger partial charge in [0.15, 0.2) is 17.2 Å². The van der Waals surface area contributed by atoms with E-state index in [-0.39, 0.29) is 23.3 Å². The molecule has 3 N–H and O–H groups in total. The third-order valence-electron chi connectivity index (χ3n) is 7.47. The normalized spacial score (nSPS) is 19.7. The zero-order chi connectivity index (χ0) is 26.4. The summed E-state index contributed by atoms with van der Waals surface area (Å²) in [7, 11) is 4.50. The fraction of sp³-hybridized carbons (Fsp3) is 0.520. The molecule has 38 heavy (non-hydrogen) atoms. The van der Waals surface area contributed by atoms with Gasteiger partial charge in [0.25, 0.3) is 5.91 Å². The average molecular weight is 537 g/mol. The van der Waals surface area contributed by atoms with Gasteiger partial charge in [0.2, 0.25) is 11.9 Å². The van der Waals surface area contributed by atoms with Crippen LogP contribution in [0.15, 0.2) is 24.4 Å². The van der Waals surface area contributed by atoms with Crippen molar-refractivity contribution in [3.8, 4) is 0 Å². The van der Waals surface area contributed by atoms with E-state index in [0.717, 1.165) is 57.5 Å². The van der Waals surface area contributed by atoms with Gasteiger partial charge in [-0.05, 0) is 37.8 Å². The van der Waals surface area contributed by atoms with Gasteiger partial charge in [-0.2, -0.15) is 4.98 Å². The molecule has 5 heterocycles. The summed E-state index contributed by atoms with van der Waals surface area (Å²) in [4.78, 5) is 34.1. The molecule has 1 saturated carbocycles. The van der Waals surface area contributed by atoms with Crippen LogP contribution in [0.4, 0.5) is 23.1 Å². The summed E-state index contributed by atoms with van der Waals surface area (Å²) in [5.74, 6) is 0.112. The second-order valence-electron chi connectivity index (χ2n) is 10.9. The van der Waals surface area contributed by atoms with Crippen molar-refractivity contribution in [1.29, 1.82) is 0 Å². The molecule has 3 fully saturated rings. The van der Waals surface area contributed by atoms with Crippen LogP contribution < -0.4 is 20.9 Å². The molecule has 13 heteroatoms. The molecule has 2 saturated heterocycles. The lowest BCUT2D eigenvalue weighted by Gasteiger charge is -2.51. The molecule has 6 rings (SSSR count). The van der Waals surface area contributed by atoms with Gasteiger partial charge in [0.05, 0.1) is 17.6 Å². The monoisotopic (exact) mass is 536 g/mol. The molecular formula is C25H33N10O2P. The Bertz CT molecular complexity index is 1370. The van der Waals surface area contributed by atoms with Crippen molar-refractivity contribution in [3.63, 3.8) is 0 Å². The number of rotatable bonds is 7. The van der Waals surface area contributed by atoms with Crippen molar-refractivity contribution >= 4 is 49.8 Å². The van der Waals surface area contributed by atoms with Gasteiger partial charge in [-0.1, -0.05) is 6.92 Å². The van der Waals surface area contributed by atoms with Crippen LogP contribution in [0.1, 0.15) is 43.1 Å². The van der Waals surface area contributed by atoms with Gasteiger partial charge < -0.3 is 20.9 Å². The molecule has 0 aromatic carbocycles. The molecule has 0 radical (unpaired) electrons. The van der Waals surface area contributed by atoms with Crippen molar-refractivity contribution in [1.82, 2.24) is 35.0 Å². The summed E-state index contributed by atoms with van der Waals surface area (Å²) in [5, 5.41) is 21.4. The Labute approximate surface area is 223 Å². The highest BCUT2D eigenvalue weighted by Gasteiger charge is 2.39. The predicted octanol–water partition coefficient (Wildman–Crippen LogP) is 1.89. The van der Waals surface area contributed by atoms with Gasteiger partial charge in [-0.25, -0.2) is 4.52 Å². The minimum Gasteiger partial charge on any atom is -0.370 e. The van der Waals surface area contributed by atoms with Crippen LogP contribution in [0.25, 0.3) is 5.65 Å². The molecule has 200 valence electrons. The average Bonchev–Trinajstić information content (AvgIpc) is 3.67. The third-order valence-corrected chi connectivity index (χ3v) is 7.84. The Hall–Kier alpha value is -3.37. The number of anilines is 4. The number of likely N-dealkylation sites (tertiary alicyclic amines) is 1. The molecule has 3 aliphatic rings. The number of hydrogen-bond donors (Lipinski definition) is 3. The Morgan fingerprint density at radius 1 is 1.11 bits per heavy atom. The zero-order valence-electron chi connectivity index (χ0n) is 21.6. The van der Waals surface area contributed by atoms with Gasteiger partial charge in [0, 0.05) is 56.4 Å². The summed E-state index contributed by atoms with van der Waals surface area (Å²) in [6.07, 6.45) is 6.05. The standard InChI is InChI=1S/C25H33N10O2P/c1-25(38)13-34(14-25)16-7-9-33(10-8-16)17-5-6-20-29-24(32-35(20)12-17)27-18-11-19(28-22(36)15-3-4-15)30-31-21(18)23(37)26-2/h5-6,11-12,15-16H,3-4,7-10,13-14,38H2,1-2H3,(H,26,37)(H2,27,28,30,32,36). The lowest BCUT2D eigenvalue weighted by atomic mass is 9.93. The number of aromatic nitrogens is 5. The number of carbonyl (C=O) groups is 2. The SMILES string of the molecule is CNC(=O)c1nnc(NC(=O)C2CC2)cc1Nc1nc2ccc(N3CCC(N4CC(C)(P)C4)CC3)cn2n1. The summed E-state index contributed by atoms with van der Waals surface area (Å²) >= 11 is 0. The summed E-state index contributed by atoms with van der Waals surface area (Å²) in [6, 6.07) is 6.26. The molecule has 1 unspecified atom stereocenters. The Balaban J connectivity index is 1.17. The van der Waals surface area contributed by atoms with E-state index in [1.165, 1.54) is 7.05 Å². The highest BCUT2D eigenvalue weighted by Crippen LogP contribution is 2.34. The molecule has 1 aliphatic carbocycles. The molecule has 3 aromatic heterocycles. The van der Waals surface area contributed by atoms with Crippen LogP contribution in [0.3, 0.4) is 0 Å². The van der Waals surface area contributed by atoms with Crippen LogP contribution in [0.2, 0.25) is 0 Å². The van der Waals surface area contributed by atoms with Crippen LogP contribution >= 0.6 is 9.24 Å². The second-order valence-corrected chi connectivity index (χ2v) is 12.3. The molecule has 12 nitrogen and oxygen atoms in total. The number of pyridine rings is 1. The fourth-order valence-electron chi connectivity index (χ4n) is 5.27. The van der Waals surface area contributed by atoms with Gasteiger partial charge >= 0.3 is 0 Å². The number of amides is 2. The highest BCUT2D eigenvalue weighted by molar-refractivity contribution is 7.19. The molecule has 3 aromatic rings. The van der Waals surface area contributed by atoms with E-state index >= 15 is 0 Å². The maximum Gasteiger partial charge on any atom is 0.273 e. The predicted molar refractivity (Wildman–Crippen MR) is 148 cm³/mol. The van der Waals surface area contributed by atoms with Crippen LogP contribution in [-0.4, -0.2) is 85.9 Å². The third kappa shape index (κ3) is 5.15.